The van der Waals surface area contributed by atoms with Gasteiger partial charge < -0.3 is 40.3 Å². The van der Waals surface area contributed by atoms with Gasteiger partial charge in [-0.3, -0.25) is 9.99 Å². The van der Waals surface area contributed by atoms with Gasteiger partial charge in [-0.25, -0.2) is 23.7 Å². The largest absolute Gasteiger partial charge is 0.444 e. The highest BCUT2D eigenvalue weighted by molar-refractivity contribution is 5.84. The summed E-state index contributed by atoms with van der Waals surface area (Å²) in [4.78, 5) is 28.6. The van der Waals surface area contributed by atoms with Crippen LogP contribution in [-0.4, -0.2) is 114 Å². The van der Waals surface area contributed by atoms with E-state index in [2.05, 4.69) is 26.1 Å². The van der Waals surface area contributed by atoms with Gasteiger partial charge in [-0.05, 0) is 69.5 Å². The second-order valence-corrected chi connectivity index (χ2v) is 14.3. The smallest absolute Gasteiger partial charge is 0.407 e. The summed E-state index contributed by atoms with van der Waals surface area (Å²) in [6, 6.07) is 10.4. The van der Waals surface area contributed by atoms with Gasteiger partial charge in [0.1, 0.15) is 41.4 Å². The number of aliphatic hydroxyl groups excluding tert-OH is 2. The van der Waals surface area contributed by atoms with E-state index < -0.39 is 53.6 Å². The number of aromatic nitrogens is 4. The molecule has 2 saturated heterocycles. The Balaban J connectivity index is 1.24. The molecule has 2 aromatic carbocycles. The molecule has 0 saturated carbocycles. The summed E-state index contributed by atoms with van der Waals surface area (Å²) < 4.78 is 41.1. The van der Waals surface area contributed by atoms with Crippen molar-refractivity contribution in [2.75, 3.05) is 36.4 Å². The van der Waals surface area contributed by atoms with Crippen LogP contribution in [0, 0.1) is 11.6 Å². The third-order valence-electron chi connectivity index (χ3n) is 9.40. The Morgan fingerprint density at radius 2 is 1.67 bits per heavy atom. The van der Waals surface area contributed by atoms with E-state index in [0.717, 1.165) is 0 Å². The van der Waals surface area contributed by atoms with Crippen LogP contribution in [0.15, 0.2) is 60.0 Å². The molecule has 0 bridgehead atoms. The molecule has 17 nitrogen and oxygen atoms in total. The lowest BCUT2D eigenvalue weighted by molar-refractivity contribution is -0.195. The molecule has 288 valence electrons. The molecular formula is C35H43F2N11O6. The second-order valence-electron chi connectivity index (χ2n) is 14.3. The fraction of sp³-hybridized carbons (Fsp3) is 0.457. The van der Waals surface area contributed by atoms with E-state index in [0.29, 0.717) is 37.2 Å². The quantitative estimate of drug-likeness (QED) is 0.138. The number of aliphatic hydroxyl groups is 3. The van der Waals surface area contributed by atoms with E-state index in [9.17, 15) is 28.9 Å². The van der Waals surface area contributed by atoms with Crippen molar-refractivity contribution in [1.29, 1.82) is 0 Å². The summed E-state index contributed by atoms with van der Waals surface area (Å²) in [6.45, 7) is 8.24. The monoisotopic (exact) mass is 751 g/mol. The van der Waals surface area contributed by atoms with Crippen molar-refractivity contribution < 1.29 is 38.4 Å². The number of alkyl carbamates (subject to hydrolysis) is 1. The van der Waals surface area contributed by atoms with Crippen LogP contribution < -0.4 is 21.0 Å². The number of hydrazine groups is 2. The lowest BCUT2D eigenvalue weighted by Gasteiger charge is -2.31. The summed E-state index contributed by atoms with van der Waals surface area (Å²) in [6.07, 6.45) is -2.12. The van der Waals surface area contributed by atoms with Crippen molar-refractivity contribution in [3.05, 3.63) is 77.6 Å². The maximum absolute atomic E-state index is 14.0. The Labute approximate surface area is 309 Å². The van der Waals surface area contributed by atoms with E-state index in [-0.39, 0.29) is 35.5 Å². The van der Waals surface area contributed by atoms with Crippen LogP contribution in [0.4, 0.5) is 25.3 Å². The molecule has 0 unspecified atom stereocenters. The number of carbonyl (C=O) groups is 1. The first kappa shape index (κ1) is 37.1. The van der Waals surface area contributed by atoms with Gasteiger partial charge in [0.05, 0.1) is 25.5 Å². The molecule has 0 spiro atoms. The van der Waals surface area contributed by atoms with Gasteiger partial charge in [0.15, 0.2) is 29.4 Å². The van der Waals surface area contributed by atoms with E-state index in [1.807, 2.05) is 11.8 Å². The van der Waals surface area contributed by atoms with Crippen molar-refractivity contribution in [2.45, 2.75) is 76.0 Å². The van der Waals surface area contributed by atoms with Crippen molar-refractivity contribution in [2.24, 2.45) is 5.10 Å². The van der Waals surface area contributed by atoms with Crippen molar-refractivity contribution >= 4 is 35.4 Å². The SMILES string of the molecule is CCN1N=CNN1[C@@H]1O[C@@H](n2cnc3c(NCC(O)(c4ccc(F)cc4)c4ccc(F)cc4)nc(N4CC[C@@H](NC(=O)OC(C)(C)C)C4)nc32)[C@H](O)[C@@H]1O. The Hall–Kier alpha value is -5.21. The van der Waals surface area contributed by atoms with Gasteiger partial charge in [0, 0.05) is 13.1 Å². The molecule has 3 aliphatic rings. The standard InChI is InChI=1S/C35H43F2N11O6/c1-5-47-40-18-41-48(47)31-27(50)26(49)30(53-31)46-19-39-25-28(38-17-35(52,20-6-10-22(36)11-7-20)21-8-12-23(37)13-9-21)43-32(44-29(25)46)45-15-14-24(16-45)42-33(51)54-34(2,3)4/h6-13,18-19,24,26-27,30-31,49-50,52H,5,14-17H2,1-4H3,(H,40,41)(H,42,51)(H,38,43,44)/t24-,26-,27+,30-,31-/m1/s1. The number of nitrogens with one attached hydrogen (secondary N) is 3. The summed E-state index contributed by atoms with van der Waals surface area (Å²) in [5.41, 5.74) is 1.57. The highest BCUT2D eigenvalue weighted by atomic mass is 19.1. The zero-order valence-corrected chi connectivity index (χ0v) is 30.1. The first-order chi connectivity index (χ1) is 25.7. The molecule has 5 heterocycles. The maximum Gasteiger partial charge on any atom is 0.407 e. The molecular weight excluding hydrogens is 708 g/mol. The molecule has 0 radical (unpaired) electrons. The van der Waals surface area contributed by atoms with Crippen LogP contribution in [0.25, 0.3) is 11.2 Å². The Morgan fingerprint density at radius 1 is 1.02 bits per heavy atom. The number of imidazole rings is 1. The van der Waals surface area contributed by atoms with E-state index in [1.54, 1.807) is 20.8 Å². The Morgan fingerprint density at radius 3 is 2.30 bits per heavy atom. The third kappa shape index (κ3) is 7.32. The van der Waals surface area contributed by atoms with Crippen LogP contribution in [0.5, 0.6) is 0 Å². The summed E-state index contributed by atoms with van der Waals surface area (Å²) >= 11 is 0. The van der Waals surface area contributed by atoms with Gasteiger partial charge in [-0.15, -0.1) is 5.10 Å². The van der Waals surface area contributed by atoms with Gasteiger partial charge in [0.25, 0.3) is 0 Å². The molecule has 19 heteroatoms. The summed E-state index contributed by atoms with van der Waals surface area (Å²) in [5, 5.41) is 47.9. The minimum atomic E-state index is -1.80. The number of hydrogen-bond donors (Lipinski definition) is 6. The fourth-order valence-electron chi connectivity index (χ4n) is 6.71. The molecule has 4 aromatic rings. The first-order valence-electron chi connectivity index (χ1n) is 17.6. The zero-order chi connectivity index (χ0) is 38.4. The molecule has 6 N–H and O–H groups in total. The van der Waals surface area contributed by atoms with E-state index >= 15 is 0 Å². The van der Waals surface area contributed by atoms with Gasteiger partial charge in [0.2, 0.25) is 5.95 Å². The highest BCUT2D eigenvalue weighted by Gasteiger charge is 2.49. The molecule has 3 aliphatic heterocycles. The summed E-state index contributed by atoms with van der Waals surface area (Å²) in [5.74, 6) is -0.560. The number of ether oxygens (including phenoxy) is 2. The lowest BCUT2D eigenvalue weighted by atomic mass is 9.86. The van der Waals surface area contributed by atoms with Gasteiger partial charge in [-0.1, -0.05) is 29.4 Å². The van der Waals surface area contributed by atoms with Gasteiger partial charge >= 0.3 is 6.09 Å². The average molecular weight is 752 g/mol. The Kier molecular flexibility index (Phi) is 10.0. The topological polar surface area (TPSA) is 198 Å². The zero-order valence-electron chi connectivity index (χ0n) is 30.1. The molecule has 2 aromatic heterocycles. The van der Waals surface area contributed by atoms with Crippen LogP contribution in [-0.2, 0) is 15.1 Å². The number of hydrogen-bond acceptors (Lipinski definition) is 15. The Bertz CT molecular complexity index is 1950. The lowest BCUT2D eigenvalue weighted by Crippen LogP contribution is -2.54. The normalized spacial score (nSPS) is 23.3. The van der Waals surface area contributed by atoms with Crippen LogP contribution in [0.2, 0.25) is 0 Å². The van der Waals surface area contributed by atoms with Crippen molar-refractivity contribution in [3.63, 3.8) is 0 Å². The van der Waals surface area contributed by atoms with Crippen molar-refractivity contribution in [3.8, 4) is 0 Å². The average Bonchev–Trinajstić information content (AvgIpc) is 3.94. The van der Waals surface area contributed by atoms with Crippen LogP contribution in [0.3, 0.4) is 0 Å². The molecule has 2 fully saturated rings. The first-order valence-corrected chi connectivity index (χ1v) is 17.6. The molecule has 0 aliphatic carbocycles. The number of anilines is 2. The molecule has 54 heavy (non-hydrogen) atoms. The molecule has 7 rings (SSSR count). The number of hydrazone groups is 1. The predicted molar refractivity (Wildman–Crippen MR) is 191 cm³/mol. The van der Waals surface area contributed by atoms with Crippen LogP contribution in [0.1, 0.15) is 51.5 Å². The number of amides is 1. The third-order valence-corrected chi connectivity index (χ3v) is 9.40. The van der Waals surface area contributed by atoms with Gasteiger partial charge in [-0.2, -0.15) is 9.97 Å². The molecule has 5 atom stereocenters. The summed E-state index contributed by atoms with van der Waals surface area (Å²) in [7, 11) is 0. The number of fused-ring (bicyclic) bond motifs is 1. The number of benzene rings is 2. The fourth-order valence-corrected chi connectivity index (χ4v) is 6.71. The van der Waals surface area contributed by atoms with Crippen LogP contribution >= 0.6 is 0 Å². The molecule has 1 amide bonds. The predicted octanol–water partition coefficient (Wildman–Crippen LogP) is 2.13. The number of halogens is 2. The number of rotatable bonds is 10. The highest BCUT2D eigenvalue weighted by Crippen LogP contribution is 2.36. The van der Waals surface area contributed by atoms with E-state index in [1.165, 1.54) is 76.0 Å². The minimum Gasteiger partial charge on any atom is -0.444 e. The maximum atomic E-state index is 14.0. The van der Waals surface area contributed by atoms with Crippen molar-refractivity contribution in [1.82, 2.24) is 40.5 Å². The minimum absolute atomic E-state index is 0.191. The number of nitrogens with zero attached hydrogens (tertiary/aromatic N) is 8. The number of carbonyl (C=O) groups excluding carboxylic acids is 1. The second kappa shape index (κ2) is 14.6. The van der Waals surface area contributed by atoms with E-state index in [4.69, 9.17) is 19.4 Å².